The number of anilines is 1. The molecule has 3 rings (SSSR count). The van der Waals surface area contributed by atoms with Crippen molar-refractivity contribution in [2.45, 2.75) is 20.8 Å². The first-order valence-electron chi connectivity index (χ1n) is 6.92. The van der Waals surface area contributed by atoms with Crippen LogP contribution in [0.5, 0.6) is 0 Å². The number of benzene rings is 2. The Balaban J connectivity index is 2.44. The van der Waals surface area contributed by atoms with Gasteiger partial charge in [-0.25, -0.2) is 4.98 Å². The van der Waals surface area contributed by atoms with E-state index in [9.17, 15) is 4.79 Å². The SMILES string of the molecule is Cc1c2nc3cc(N(C)C)ccc3sc-2c(C)c(=O)c1C. The van der Waals surface area contributed by atoms with Gasteiger partial charge in [0, 0.05) is 30.9 Å². The van der Waals surface area contributed by atoms with Gasteiger partial charge in [-0.1, -0.05) is 0 Å². The molecule has 1 aromatic rings. The summed E-state index contributed by atoms with van der Waals surface area (Å²) < 4.78 is 1.11. The molecule has 1 aliphatic carbocycles. The summed E-state index contributed by atoms with van der Waals surface area (Å²) in [5.74, 6) is 0. The Hall–Kier alpha value is -1.94. The van der Waals surface area contributed by atoms with E-state index in [1.54, 1.807) is 11.3 Å². The van der Waals surface area contributed by atoms with Crippen molar-refractivity contribution in [2.24, 2.45) is 0 Å². The first-order chi connectivity index (χ1) is 9.90. The largest absolute Gasteiger partial charge is 0.378 e. The second kappa shape index (κ2) is 4.81. The maximum Gasteiger partial charge on any atom is 0.186 e. The first-order valence-corrected chi connectivity index (χ1v) is 7.73. The Labute approximate surface area is 128 Å². The van der Waals surface area contributed by atoms with Crippen molar-refractivity contribution >= 4 is 27.2 Å². The zero-order valence-corrected chi connectivity index (χ0v) is 13.8. The minimum atomic E-state index is 0.141. The van der Waals surface area contributed by atoms with Crippen LogP contribution in [0.15, 0.2) is 23.0 Å². The number of fused-ring (bicyclic) bond motifs is 2. The Morgan fingerprint density at radius 1 is 1.05 bits per heavy atom. The van der Waals surface area contributed by atoms with Crippen molar-refractivity contribution in [1.82, 2.24) is 4.98 Å². The smallest absolute Gasteiger partial charge is 0.186 e. The summed E-state index contributed by atoms with van der Waals surface area (Å²) in [5, 5.41) is 0. The van der Waals surface area contributed by atoms with Gasteiger partial charge >= 0.3 is 0 Å². The molecule has 4 heteroatoms. The molecule has 0 aromatic heterocycles. The van der Waals surface area contributed by atoms with Crippen LogP contribution in [0.2, 0.25) is 0 Å². The molecular formula is C17H18N2OS. The highest BCUT2D eigenvalue weighted by Crippen LogP contribution is 2.35. The number of rotatable bonds is 1. The van der Waals surface area contributed by atoms with E-state index in [2.05, 4.69) is 23.1 Å². The van der Waals surface area contributed by atoms with E-state index < -0.39 is 0 Å². The molecule has 0 fully saturated rings. The molecule has 0 N–H and O–H groups in total. The molecule has 0 bridgehead atoms. The predicted octanol–water partition coefficient (Wildman–Crippen LogP) is 3.75. The molecule has 0 unspecified atom stereocenters. The zero-order valence-electron chi connectivity index (χ0n) is 12.9. The zero-order chi connectivity index (χ0) is 15.3. The van der Waals surface area contributed by atoms with E-state index in [1.165, 1.54) is 0 Å². The van der Waals surface area contributed by atoms with Gasteiger partial charge in [0.1, 0.15) is 0 Å². The fourth-order valence-electron chi connectivity index (χ4n) is 2.53. The molecule has 2 aliphatic rings. The fraction of sp³-hybridized carbons (Fsp3) is 0.294. The van der Waals surface area contributed by atoms with Crippen LogP contribution in [0.25, 0.3) is 20.8 Å². The minimum absolute atomic E-state index is 0.141. The Kier molecular flexibility index (Phi) is 3.21. The lowest BCUT2D eigenvalue weighted by Gasteiger charge is -2.16. The van der Waals surface area contributed by atoms with Gasteiger partial charge in [0.25, 0.3) is 0 Å². The molecule has 1 heterocycles. The predicted molar refractivity (Wildman–Crippen MR) is 91.1 cm³/mol. The van der Waals surface area contributed by atoms with Gasteiger partial charge in [0.15, 0.2) is 5.43 Å². The van der Waals surface area contributed by atoms with Crippen molar-refractivity contribution < 1.29 is 0 Å². The number of hydrogen-bond donors (Lipinski definition) is 0. The second-order valence-electron chi connectivity index (χ2n) is 5.64. The van der Waals surface area contributed by atoms with Gasteiger partial charge in [-0.05, 0) is 44.5 Å². The van der Waals surface area contributed by atoms with E-state index in [0.29, 0.717) is 0 Å². The number of aromatic nitrogens is 1. The molecule has 3 nitrogen and oxygen atoms in total. The minimum Gasteiger partial charge on any atom is -0.378 e. The molecule has 0 spiro atoms. The van der Waals surface area contributed by atoms with Crippen molar-refractivity contribution in [3.8, 4) is 10.6 Å². The lowest BCUT2D eigenvalue weighted by atomic mass is 10.0. The third kappa shape index (κ3) is 2.10. The Morgan fingerprint density at radius 3 is 2.43 bits per heavy atom. The highest BCUT2D eigenvalue weighted by molar-refractivity contribution is 7.21. The summed E-state index contributed by atoms with van der Waals surface area (Å²) in [6.45, 7) is 5.77. The third-order valence-electron chi connectivity index (χ3n) is 4.06. The van der Waals surface area contributed by atoms with Crippen LogP contribution < -0.4 is 10.3 Å². The normalized spacial score (nSPS) is 11.3. The van der Waals surface area contributed by atoms with Crippen LogP contribution in [0.1, 0.15) is 16.7 Å². The van der Waals surface area contributed by atoms with Crippen LogP contribution in [0.4, 0.5) is 5.69 Å². The van der Waals surface area contributed by atoms with Crippen molar-refractivity contribution in [3.05, 3.63) is 45.1 Å². The van der Waals surface area contributed by atoms with E-state index >= 15 is 0 Å². The topological polar surface area (TPSA) is 33.2 Å². The third-order valence-corrected chi connectivity index (χ3v) is 5.33. The number of hydrogen-bond acceptors (Lipinski definition) is 4. The number of nitrogens with zero attached hydrogens (tertiary/aromatic N) is 2. The molecule has 0 radical (unpaired) electrons. The highest BCUT2D eigenvalue weighted by Gasteiger charge is 2.18. The average molecular weight is 298 g/mol. The Morgan fingerprint density at radius 2 is 1.76 bits per heavy atom. The van der Waals surface area contributed by atoms with Gasteiger partial charge in [0.2, 0.25) is 0 Å². The molecule has 21 heavy (non-hydrogen) atoms. The van der Waals surface area contributed by atoms with E-state index in [1.807, 2.05) is 34.9 Å². The van der Waals surface area contributed by atoms with Crippen molar-refractivity contribution in [1.29, 1.82) is 0 Å². The van der Waals surface area contributed by atoms with E-state index in [4.69, 9.17) is 4.98 Å². The van der Waals surface area contributed by atoms with E-state index in [0.717, 1.165) is 43.2 Å². The van der Waals surface area contributed by atoms with Crippen molar-refractivity contribution in [2.75, 3.05) is 19.0 Å². The van der Waals surface area contributed by atoms with Gasteiger partial charge in [-0.15, -0.1) is 11.3 Å². The standard InChI is InChI=1S/C17H18N2OS/c1-9-10(2)16(20)11(3)17-15(9)18-13-8-12(19(4)5)6-7-14(13)21-17/h6-8H,1-5H3. The summed E-state index contributed by atoms with van der Waals surface area (Å²) >= 11 is 1.65. The van der Waals surface area contributed by atoms with Crippen molar-refractivity contribution in [3.63, 3.8) is 0 Å². The highest BCUT2D eigenvalue weighted by atomic mass is 32.1. The molecule has 0 atom stereocenters. The quantitative estimate of drug-likeness (QED) is 0.641. The molecule has 0 saturated heterocycles. The summed E-state index contributed by atoms with van der Waals surface area (Å²) in [6, 6.07) is 6.27. The monoisotopic (exact) mass is 298 g/mol. The molecule has 1 aliphatic heterocycles. The average Bonchev–Trinajstić information content (AvgIpc) is 2.48. The van der Waals surface area contributed by atoms with Gasteiger partial charge < -0.3 is 4.90 Å². The van der Waals surface area contributed by atoms with Crippen LogP contribution in [0, 0.1) is 20.8 Å². The molecular weight excluding hydrogens is 280 g/mol. The molecule has 0 amide bonds. The lowest BCUT2D eigenvalue weighted by molar-refractivity contribution is 1.13. The summed E-state index contributed by atoms with van der Waals surface area (Å²) in [6.07, 6.45) is 0. The summed E-state index contributed by atoms with van der Waals surface area (Å²) in [4.78, 5) is 20.2. The van der Waals surface area contributed by atoms with Crippen LogP contribution in [0.3, 0.4) is 0 Å². The van der Waals surface area contributed by atoms with Gasteiger partial charge in [-0.3, -0.25) is 4.79 Å². The molecule has 108 valence electrons. The van der Waals surface area contributed by atoms with Crippen LogP contribution in [-0.4, -0.2) is 19.1 Å². The molecule has 1 aromatic carbocycles. The van der Waals surface area contributed by atoms with E-state index in [-0.39, 0.29) is 5.43 Å². The van der Waals surface area contributed by atoms with Gasteiger partial charge in [-0.2, -0.15) is 0 Å². The maximum atomic E-state index is 12.3. The second-order valence-corrected chi connectivity index (χ2v) is 6.69. The van der Waals surface area contributed by atoms with Crippen LogP contribution >= 0.6 is 11.3 Å². The van der Waals surface area contributed by atoms with Crippen LogP contribution in [-0.2, 0) is 0 Å². The Bertz CT molecular complexity index is 880. The first kappa shape index (κ1) is 14.0. The lowest BCUT2D eigenvalue weighted by Crippen LogP contribution is -2.14. The molecule has 0 saturated carbocycles. The summed E-state index contributed by atoms with van der Waals surface area (Å²) in [5.41, 5.74) is 5.83. The summed E-state index contributed by atoms with van der Waals surface area (Å²) in [7, 11) is 4.05. The fourth-order valence-corrected chi connectivity index (χ4v) is 3.63. The maximum absolute atomic E-state index is 12.3. The van der Waals surface area contributed by atoms with Gasteiger partial charge in [0.05, 0.1) is 20.8 Å².